The predicted molar refractivity (Wildman–Crippen MR) is 102 cm³/mol. The van der Waals surface area contributed by atoms with E-state index in [1.54, 1.807) is 31.4 Å². The first-order valence-corrected chi connectivity index (χ1v) is 9.19. The second-order valence-electron chi connectivity index (χ2n) is 6.89. The van der Waals surface area contributed by atoms with Gasteiger partial charge in [0.1, 0.15) is 5.75 Å². The lowest BCUT2D eigenvalue weighted by Crippen LogP contribution is -2.44. The monoisotopic (exact) mass is 406 g/mol. The minimum Gasteiger partial charge on any atom is -0.497 e. The van der Waals surface area contributed by atoms with Gasteiger partial charge >= 0.3 is 12.2 Å². The SMILES string of the molecule is COc1ccc(NC(=O)N2CCC[C@H](C(=O)c3cccc(C(F)(F)F)c3)C2)cc1. The van der Waals surface area contributed by atoms with Gasteiger partial charge in [0.25, 0.3) is 0 Å². The van der Waals surface area contributed by atoms with Crippen molar-refractivity contribution < 1.29 is 27.5 Å². The second-order valence-corrected chi connectivity index (χ2v) is 6.89. The van der Waals surface area contributed by atoms with Crippen molar-refractivity contribution in [2.75, 3.05) is 25.5 Å². The summed E-state index contributed by atoms with van der Waals surface area (Å²) in [4.78, 5) is 26.8. The molecule has 3 rings (SSSR count). The number of carbonyl (C=O) groups is 2. The van der Waals surface area contributed by atoms with Crippen molar-refractivity contribution in [2.24, 2.45) is 5.92 Å². The maximum atomic E-state index is 12.9. The fourth-order valence-electron chi connectivity index (χ4n) is 3.34. The standard InChI is InChI=1S/C21H21F3N2O3/c1-29-18-9-7-17(8-10-18)25-20(28)26-11-3-5-15(13-26)19(27)14-4-2-6-16(12-14)21(22,23)24/h2,4,6-10,12,15H,3,5,11,13H2,1H3,(H,25,28)/t15-/m0/s1. The van der Waals surface area contributed by atoms with Gasteiger partial charge in [-0.1, -0.05) is 12.1 Å². The van der Waals surface area contributed by atoms with E-state index in [0.29, 0.717) is 30.8 Å². The first-order chi connectivity index (χ1) is 13.8. The van der Waals surface area contributed by atoms with Gasteiger partial charge in [-0.2, -0.15) is 13.2 Å². The highest BCUT2D eigenvalue weighted by molar-refractivity contribution is 5.99. The first kappa shape index (κ1) is 20.7. The number of ketones is 1. The summed E-state index contributed by atoms with van der Waals surface area (Å²) < 4.78 is 43.8. The molecule has 0 unspecified atom stereocenters. The topological polar surface area (TPSA) is 58.6 Å². The van der Waals surface area contributed by atoms with E-state index in [1.807, 2.05) is 0 Å². The number of halogens is 3. The average molecular weight is 406 g/mol. The lowest BCUT2D eigenvalue weighted by molar-refractivity contribution is -0.137. The number of ether oxygens (including phenoxy) is 1. The van der Waals surface area contributed by atoms with Crippen molar-refractivity contribution in [1.29, 1.82) is 0 Å². The summed E-state index contributed by atoms with van der Waals surface area (Å²) in [6.45, 7) is 0.644. The number of alkyl halides is 3. The van der Waals surface area contributed by atoms with Crippen molar-refractivity contribution in [2.45, 2.75) is 19.0 Å². The normalized spacial score (nSPS) is 17.0. The molecule has 0 radical (unpaired) electrons. The molecule has 2 aromatic rings. The van der Waals surface area contributed by atoms with Gasteiger partial charge in [0.2, 0.25) is 0 Å². The molecule has 1 atom stereocenters. The van der Waals surface area contributed by atoms with E-state index < -0.39 is 17.7 Å². The first-order valence-electron chi connectivity index (χ1n) is 9.19. The summed E-state index contributed by atoms with van der Waals surface area (Å²) in [6.07, 6.45) is -3.38. The third kappa shape index (κ3) is 5.07. The molecule has 0 aliphatic carbocycles. The van der Waals surface area contributed by atoms with E-state index in [4.69, 9.17) is 4.74 Å². The number of nitrogens with one attached hydrogen (secondary N) is 1. The maximum Gasteiger partial charge on any atom is 0.416 e. The molecule has 8 heteroatoms. The largest absolute Gasteiger partial charge is 0.497 e. The van der Waals surface area contributed by atoms with Gasteiger partial charge < -0.3 is 15.0 Å². The number of piperidine rings is 1. The van der Waals surface area contributed by atoms with Gasteiger partial charge in [0.15, 0.2) is 5.78 Å². The minimum atomic E-state index is -4.51. The van der Waals surface area contributed by atoms with E-state index in [0.717, 1.165) is 12.1 Å². The zero-order valence-electron chi connectivity index (χ0n) is 15.8. The Kier molecular flexibility index (Phi) is 6.10. The lowest BCUT2D eigenvalue weighted by atomic mass is 9.89. The molecule has 0 spiro atoms. The molecular weight excluding hydrogens is 385 g/mol. The van der Waals surface area contributed by atoms with Gasteiger partial charge in [-0.3, -0.25) is 4.79 Å². The van der Waals surface area contributed by atoms with Crippen LogP contribution in [-0.4, -0.2) is 36.9 Å². The third-order valence-electron chi connectivity index (χ3n) is 4.90. The fraction of sp³-hybridized carbons (Fsp3) is 0.333. The summed E-state index contributed by atoms with van der Waals surface area (Å²) in [7, 11) is 1.54. The van der Waals surface area contributed by atoms with Crippen molar-refractivity contribution >= 4 is 17.5 Å². The molecule has 0 aromatic heterocycles. The number of anilines is 1. The molecule has 1 heterocycles. The molecule has 1 aliphatic heterocycles. The number of hydrogen-bond acceptors (Lipinski definition) is 3. The quantitative estimate of drug-likeness (QED) is 0.739. The summed E-state index contributed by atoms with van der Waals surface area (Å²) >= 11 is 0. The Labute approximate surface area is 166 Å². The molecule has 1 fully saturated rings. The smallest absolute Gasteiger partial charge is 0.416 e. The number of likely N-dealkylation sites (tertiary alicyclic amines) is 1. The molecule has 0 saturated carbocycles. The zero-order chi connectivity index (χ0) is 21.0. The van der Waals surface area contributed by atoms with Crippen LogP contribution in [0.15, 0.2) is 48.5 Å². The van der Waals surface area contributed by atoms with Crippen molar-refractivity contribution in [3.05, 3.63) is 59.7 Å². The highest BCUT2D eigenvalue weighted by Crippen LogP contribution is 2.31. The molecule has 2 amide bonds. The van der Waals surface area contributed by atoms with Crippen LogP contribution in [0, 0.1) is 5.92 Å². The Hall–Kier alpha value is -3.03. The molecular formula is C21H21F3N2O3. The van der Waals surface area contributed by atoms with E-state index >= 15 is 0 Å². The highest BCUT2D eigenvalue weighted by Gasteiger charge is 2.33. The van der Waals surface area contributed by atoms with Crippen molar-refractivity contribution in [1.82, 2.24) is 4.90 Å². The summed E-state index contributed by atoms with van der Waals surface area (Å²) in [6, 6.07) is 10.9. The minimum absolute atomic E-state index is 0.0160. The number of urea groups is 1. The van der Waals surface area contributed by atoms with Crippen LogP contribution in [0.1, 0.15) is 28.8 Å². The summed E-state index contributed by atoms with van der Waals surface area (Å²) in [5, 5.41) is 2.76. The van der Waals surface area contributed by atoms with Gasteiger partial charge in [0.05, 0.1) is 12.7 Å². The van der Waals surface area contributed by atoms with Gasteiger partial charge in [-0.25, -0.2) is 4.79 Å². The number of nitrogens with zero attached hydrogens (tertiary/aromatic N) is 1. The third-order valence-corrected chi connectivity index (χ3v) is 4.90. The van der Waals surface area contributed by atoms with E-state index in [1.165, 1.54) is 17.0 Å². The van der Waals surface area contributed by atoms with Crippen LogP contribution in [0.5, 0.6) is 5.75 Å². The molecule has 1 aliphatic rings. The molecule has 5 nitrogen and oxygen atoms in total. The number of amides is 2. The number of benzene rings is 2. The second kappa shape index (κ2) is 8.55. The lowest BCUT2D eigenvalue weighted by Gasteiger charge is -2.32. The number of Topliss-reactive ketones (excluding diaryl/α,β-unsaturated/α-hetero) is 1. The average Bonchev–Trinajstić information content (AvgIpc) is 2.73. The van der Waals surface area contributed by atoms with E-state index in [9.17, 15) is 22.8 Å². The van der Waals surface area contributed by atoms with Crippen LogP contribution >= 0.6 is 0 Å². The van der Waals surface area contributed by atoms with E-state index in [-0.39, 0.29) is 23.9 Å². The Balaban J connectivity index is 1.66. The zero-order valence-corrected chi connectivity index (χ0v) is 15.8. The fourth-order valence-corrected chi connectivity index (χ4v) is 3.34. The molecule has 154 valence electrons. The molecule has 1 saturated heterocycles. The highest BCUT2D eigenvalue weighted by atomic mass is 19.4. The summed E-state index contributed by atoms with van der Waals surface area (Å²) in [5.74, 6) is -0.250. The van der Waals surface area contributed by atoms with Gasteiger partial charge in [0, 0.05) is 30.3 Å². The number of rotatable bonds is 4. The molecule has 29 heavy (non-hydrogen) atoms. The van der Waals surface area contributed by atoms with Crippen LogP contribution in [0.3, 0.4) is 0 Å². The number of hydrogen-bond donors (Lipinski definition) is 1. The Morgan fingerprint density at radius 2 is 1.86 bits per heavy atom. The van der Waals surface area contributed by atoms with E-state index in [2.05, 4.69) is 5.32 Å². The van der Waals surface area contributed by atoms with Crippen LogP contribution in [0.4, 0.5) is 23.7 Å². The Morgan fingerprint density at radius 1 is 1.14 bits per heavy atom. The molecule has 1 N–H and O–H groups in total. The van der Waals surface area contributed by atoms with Crippen molar-refractivity contribution in [3.63, 3.8) is 0 Å². The number of carbonyl (C=O) groups excluding carboxylic acids is 2. The van der Waals surface area contributed by atoms with Crippen LogP contribution in [0.2, 0.25) is 0 Å². The number of methoxy groups -OCH3 is 1. The Bertz CT molecular complexity index is 881. The maximum absolute atomic E-state index is 12.9. The van der Waals surface area contributed by atoms with Crippen LogP contribution in [-0.2, 0) is 6.18 Å². The van der Waals surface area contributed by atoms with Crippen LogP contribution in [0.25, 0.3) is 0 Å². The van der Waals surface area contributed by atoms with Gasteiger partial charge in [-0.05, 0) is 49.2 Å². The van der Waals surface area contributed by atoms with Gasteiger partial charge in [-0.15, -0.1) is 0 Å². The Morgan fingerprint density at radius 3 is 2.52 bits per heavy atom. The summed E-state index contributed by atoms with van der Waals surface area (Å²) in [5.41, 5.74) is -0.252. The predicted octanol–water partition coefficient (Wildman–Crippen LogP) is 4.84. The van der Waals surface area contributed by atoms with Crippen LogP contribution < -0.4 is 10.1 Å². The molecule has 2 aromatic carbocycles. The molecule has 0 bridgehead atoms. The van der Waals surface area contributed by atoms with Crippen molar-refractivity contribution in [3.8, 4) is 5.75 Å².